The average Bonchev–Trinajstić information content (AvgIpc) is 2.56. The van der Waals surface area contributed by atoms with E-state index in [4.69, 9.17) is 0 Å². The predicted molar refractivity (Wildman–Crippen MR) is 94.1 cm³/mol. The van der Waals surface area contributed by atoms with E-state index in [2.05, 4.69) is 47.9 Å². The van der Waals surface area contributed by atoms with Gasteiger partial charge in [-0.3, -0.25) is 4.79 Å². The number of hydrogen-bond donors (Lipinski definition) is 1. The van der Waals surface area contributed by atoms with Crippen LogP contribution in [0.15, 0.2) is 36.7 Å². The molecule has 0 bridgehead atoms. The first kappa shape index (κ1) is 16.9. The van der Waals surface area contributed by atoms with E-state index in [9.17, 15) is 4.79 Å². The Morgan fingerprint density at radius 1 is 1.17 bits per heavy atom. The van der Waals surface area contributed by atoms with Gasteiger partial charge < -0.3 is 10.2 Å². The lowest BCUT2D eigenvalue weighted by atomic mass is 10.0. The second kappa shape index (κ2) is 7.72. The summed E-state index contributed by atoms with van der Waals surface area (Å²) in [7, 11) is 0. The largest absolute Gasteiger partial charge is 0.357 e. The lowest BCUT2D eigenvalue weighted by Crippen LogP contribution is -2.24. The van der Waals surface area contributed by atoms with E-state index in [0.717, 1.165) is 30.2 Å². The zero-order valence-electron chi connectivity index (χ0n) is 14.2. The Morgan fingerprint density at radius 2 is 1.87 bits per heavy atom. The van der Waals surface area contributed by atoms with Gasteiger partial charge in [-0.25, -0.2) is 9.97 Å². The highest BCUT2D eigenvalue weighted by molar-refractivity contribution is 6.03. The Labute approximate surface area is 137 Å². The second-order valence-electron chi connectivity index (χ2n) is 5.63. The first-order chi connectivity index (χ1) is 11.1. The molecule has 0 spiro atoms. The Hall–Kier alpha value is -2.43. The van der Waals surface area contributed by atoms with Crippen LogP contribution in [0.25, 0.3) is 0 Å². The molecule has 0 aliphatic heterocycles. The van der Waals surface area contributed by atoms with Gasteiger partial charge in [-0.15, -0.1) is 0 Å². The summed E-state index contributed by atoms with van der Waals surface area (Å²) in [5, 5.41) is 2.96. The van der Waals surface area contributed by atoms with Crippen molar-refractivity contribution in [3.05, 3.63) is 47.9 Å². The number of amides is 1. The van der Waals surface area contributed by atoms with Gasteiger partial charge in [-0.05, 0) is 31.4 Å². The second-order valence-corrected chi connectivity index (χ2v) is 5.63. The van der Waals surface area contributed by atoms with E-state index in [-0.39, 0.29) is 5.91 Å². The molecular formula is C18H24N4O. The maximum absolute atomic E-state index is 12.5. The highest BCUT2D eigenvalue weighted by Gasteiger charge is 2.14. The fraction of sp³-hybridized carbons (Fsp3) is 0.389. The number of carbonyl (C=O) groups excluding carboxylic acids is 1. The maximum Gasteiger partial charge on any atom is 0.274 e. The minimum Gasteiger partial charge on any atom is -0.357 e. The third-order valence-electron chi connectivity index (χ3n) is 3.80. The lowest BCUT2D eigenvalue weighted by molar-refractivity contribution is 0.102. The van der Waals surface area contributed by atoms with Crippen molar-refractivity contribution in [3.63, 3.8) is 0 Å². The van der Waals surface area contributed by atoms with Gasteiger partial charge in [0.05, 0.1) is 0 Å². The lowest BCUT2D eigenvalue weighted by Gasteiger charge is -2.19. The molecule has 0 radical (unpaired) electrons. The van der Waals surface area contributed by atoms with Crippen LogP contribution in [-0.2, 0) is 0 Å². The van der Waals surface area contributed by atoms with Crippen LogP contribution < -0.4 is 10.2 Å². The molecule has 0 unspecified atom stereocenters. The molecular weight excluding hydrogens is 288 g/mol. The SMILES string of the molecule is CCN(CC)c1cc(C(=O)Nc2ccccc2C(C)C)ncn1. The number of rotatable bonds is 6. The van der Waals surface area contributed by atoms with Crippen molar-refractivity contribution in [2.75, 3.05) is 23.3 Å². The molecule has 1 N–H and O–H groups in total. The monoisotopic (exact) mass is 312 g/mol. The summed E-state index contributed by atoms with van der Waals surface area (Å²) in [6.07, 6.45) is 1.44. The first-order valence-corrected chi connectivity index (χ1v) is 8.04. The Morgan fingerprint density at radius 3 is 2.52 bits per heavy atom. The number of carbonyl (C=O) groups is 1. The molecule has 1 heterocycles. The minimum absolute atomic E-state index is 0.214. The van der Waals surface area contributed by atoms with Crippen molar-refractivity contribution in [1.82, 2.24) is 9.97 Å². The maximum atomic E-state index is 12.5. The summed E-state index contributed by atoms with van der Waals surface area (Å²) in [4.78, 5) is 23.0. The summed E-state index contributed by atoms with van der Waals surface area (Å²) < 4.78 is 0. The predicted octanol–water partition coefficient (Wildman–Crippen LogP) is 3.70. The zero-order chi connectivity index (χ0) is 16.8. The summed E-state index contributed by atoms with van der Waals surface area (Å²) >= 11 is 0. The van der Waals surface area contributed by atoms with Gasteiger partial charge >= 0.3 is 0 Å². The highest BCUT2D eigenvalue weighted by Crippen LogP contribution is 2.24. The third kappa shape index (κ3) is 4.06. The van der Waals surface area contributed by atoms with Crippen molar-refractivity contribution < 1.29 is 4.79 Å². The van der Waals surface area contributed by atoms with Crippen LogP contribution in [-0.4, -0.2) is 29.0 Å². The van der Waals surface area contributed by atoms with E-state index in [1.807, 2.05) is 24.3 Å². The molecule has 5 heteroatoms. The minimum atomic E-state index is -0.214. The standard InChI is InChI=1S/C18H24N4O/c1-5-22(6-2)17-11-16(19-12-20-17)18(23)21-15-10-8-7-9-14(15)13(3)4/h7-13H,5-6H2,1-4H3,(H,21,23). The van der Waals surface area contributed by atoms with Crippen molar-refractivity contribution in [1.29, 1.82) is 0 Å². The molecule has 23 heavy (non-hydrogen) atoms. The molecule has 0 saturated carbocycles. The molecule has 5 nitrogen and oxygen atoms in total. The number of aromatic nitrogens is 2. The van der Waals surface area contributed by atoms with E-state index in [1.54, 1.807) is 6.07 Å². The molecule has 0 aliphatic rings. The summed E-state index contributed by atoms with van der Waals surface area (Å²) in [5.41, 5.74) is 2.31. The van der Waals surface area contributed by atoms with Gasteiger partial charge in [0.25, 0.3) is 5.91 Å². The van der Waals surface area contributed by atoms with Gasteiger partial charge in [0, 0.05) is 24.8 Å². The molecule has 0 aliphatic carbocycles. The molecule has 2 aromatic rings. The van der Waals surface area contributed by atoms with Crippen LogP contribution in [0.1, 0.15) is 49.7 Å². The molecule has 1 aromatic carbocycles. The quantitative estimate of drug-likeness (QED) is 0.883. The van der Waals surface area contributed by atoms with Crippen molar-refractivity contribution in [2.24, 2.45) is 0 Å². The Bertz CT molecular complexity index is 666. The molecule has 0 saturated heterocycles. The van der Waals surface area contributed by atoms with E-state index >= 15 is 0 Å². The first-order valence-electron chi connectivity index (χ1n) is 8.04. The van der Waals surface area contributed by atoms with E-state index < -0.39 is 0 Å². The molecule has 1 aromatic heterocycles. The molecule has 0 atom stereocenters. The van der Waals surface area contributed by atoms with Crippen LogP contribution in [0.4, 0.5) is 11.5 Å². The number of benzene rings is 1. The number of nitrogens with zero attached hydrogens (tertiary/aromatic N) is 3. The molecule has 2 rings (SSSR count). The van der Waals surface area contributed by atoms with Crippen LogP contribution >= 0.6 is 0 Å². The van der Waals surface area contributed by atoms with E-state index in [1.165, 1.54) is 6.33 Å². The van der Waals surface area contributed by atoms with Crippen LogP contribution in [0, 0.1) is 0 Å². The fourth-order valence-corrected chi connectivity index (χ4v) is 2.49. The van der Waals surface area contributed by atoms with Crippen LogP contribution in [0.2, 0.25) is 0 Å². The van der Waals surface area contributed by atoms with Crippen molar-refractivity contribution in [3.8, 4) is 0 Å². The van der Waals surface area contributed by atoms with E-state index in [0.29, 0.717) is 11.6 Å². The Balaban J connectivity index is 2.23. The third-order valence-corrected chi connectivity index (χ3v) is 3.80. The van der Waals surface area contributed by atoms with Crippen LogP contribution in [0.3, 0.4) is 0 Å². The molecule has 1 amide bonds. The molecule has 122 valence electrons. The van der Waals surface area contributed by atoms with Crippen molar-refractivity contribution in [2.45, 2.75) is 33.6 Å². The average molecular weight is 312 g/mol. The topological polar surface area (TPSA) is 58.1 Å². The summed E-state index contributed by atoms with van der Waals surface area (Å²) in [6, 6.07) is 9.58. The molecule has 0 fully saturated rings. The number of hydrogen-bond acceptors (Lipinski definition) is 4. The summed E-state index contributed by atoms with van der Waals surface area (Å²) in [5.74, 6) is 0.893. The fourth-order valence-electron chi connectivity index (χ4n) is 2.49. The van der Waals surface area contributed by atoms with Gasteiger partial charge in [0.1, 0.15) is 17.8 Å². The number of anilines is 2. The van der Waals surface area contributed by atoms with Gasteiger partial charge in [0.15, 0.2) is 0 Å². The van der Waals surface area contributed by atoms with Gasteiger partial charge in [0.2, 0.25) is 0 Å². The zero-order valence-corrected chi connectivity index (χ0v) is 14.2. The van der Waals surface area contributed by atoms with Crippen LogP contribution in [0.5, 0.6) is 0 Å². The number of para-hydroxylation sites is 1. The van der Waals surface area contributed by atoms with Gasteiger partial charge in [-0.1, -0.05) is 32.0 Å². The smallest absolute Gasteiger partial charge is 0.274 e. The van der Waals surface area contributed by atoms with Crippen molar-refractivity contribution >= 4 is 17.4 Å². The highest BCUT2D eigenvalue weighted by atomic mass is 16.1. The normalized spacial score (nSPS) is 10.7. The Kier molecular flexibility index (Phi) is 5.68. The summed E-state index contributed by atoms with van der Waals surface area (Å²) in [6.45, 7) is 10.0. The number of nitrogens with one attached hydrogen (secondary N) is 1. The van der Waals surface area contributed by atoms with Gasteiger partial charge in [-0.2, -0.15) is 0 Å².